The van der Waals surface area contributed by atoms with Crippen LogP contribution in [0.2, 0.25) is 0 Å². The Hall–Kier alpha value is -5.29. The zero-order valence-corrected chi connectivity index (χ0v) is 30.6. The average molecular weight is 669 g/mol. The lowest BCUT2D eigenvalue weighted by Crippen LogP contribution is -2.22. The number of carbonyl (C=O) groups excluding carboxylic acids is 1. The molecule has 4 rings (SSSR count). The molecule has 0 atom stereocenters. The number of ether oxygens (including phenoxy) is 2. The monoisotopic (exact) mass is 668 g/mol. The number of ketones is 1. The van der Waals surface area contributed by atoms with Gasteiger partial charge in [0.15, 0.2) is 5.78 Å². The van der Waals surface area contributed by atoms with Crippen LogP contribution in [0.3, 0.4) is 0 Å². The molecule has 0 spiro atoms. The van der Waals surface area contributed by atoms with Gasteiger partial charge in [0.2, 0.25) is 0 Å². The molecule has 0 aliphatic carbocycles. The molecule has 0 bridgehead atoms. The molecule has 0 heterocycles. The molecule has 0 aliphatic rings. The quantitative estimate of drug-likeness (QED) is 0.0780. The van der Waals surface area contributed by atoms with Crippen LogP contribution >= 0.6 is 0 Å². The summed E-state index contributed by atoms with van der Waals surface area (Å²) in [4.78, 5) is 19.3. The molecule has 4 aromatic rings. The predicted molar refractivity (Wildman–Crippen MR) is 214 cm³/mol. The molecule has 0 fully saturated rings. The van der Waals surface area contributed by atoms with E-state index in [2.05, 4.69) is 61.8 Å². The van der Waals surface area contributed by atoms with Gasteiger partial charge in [0, 0.05) is 37.3 Å². The fraction of sp³-hybridized carbons (Fsp3) is 0.267. The van der Waals surface area contributed by atoms with Crippen molar-refractivity contribution in [2.75, 3.05) is 49.2 Å². The van der Waals surface area contributed by atoms with Gasteiger partial charge < -0.3 is 19.3 Å². The number of rotatable bonds is 18. The maximum absolute atomic E-state index is 14.7. The van der Waals surface area contributed by atoms with Crippen molar-refractivity contribution in [1.29, 1.82) is 0 Å². The van der Waals surface area contributed by atoms with Crippen LogP contribution in [-0.2, 0) is 4.79 Å². The zero-order valence-electron chi connectivity index (χ0n) is 30.6. The SMILES string of the molecule is CCOc1cc(C=C(C=Cc2ccccc2)C(=O)C(C=Cc2ccccc2)=Cc2ccc(N(CC)CC)c(OCC)c2)ccc1N(CC)CC. The fourth-order valence-corrected chi connectivity index (χ4v) is 5.84. The molecule has 0 N–H and O–H groups in total. The first kappa shape index (κ1) is 37.5. The minimum Gasteiger partial charge on any atom is -0.492 e. The molecule has 0 radical (unpaired) electrons. The number of hydrogen-bond acceptors (Lipinski definition) is 5. The number of nitrogens with zero attached hydrogens (tertiary/aromatic N) is 2. The van der Waals surface area contributed by atoms with Gasteiger partial charge >= 0.3 is 0 Å². The average Bonchev–Trinajstić information content (AvgIpc) is 3.15. The van der Waals surface area contributed by atoms with Crippen LogP contribution in [-0.4, -0.2) is 45.2 Å². The van der Waals surface area contributed by atoms with E-state index in [0.29, 0.717) is 24.4 Å². The van der Waals surface area contributed by atoms with E-state index in [9.17, 15) is 4.79 Å². The standard InChI is InChI=1S/C45H52N2O3/c1-7-46(8-2)41-29-25-37(33-43(41)49-11-5)31-39(27-23-35-19-15-13-16-20-35)45(48)40(28-24-36-21-17-14-18-22-36)32-38-26-30-42(47(9-3)10-4)44(34-38)50-12-6/h13-34H,7-12H2,1-6H3. The van der Waals surface area contributed by atoms with Crippen molar-refractivity contribution in [1.82, 2.24) is 0 Å². The molecule has 5 heteroatoms. The number of hydrogen-bond donors (Lipinski definition) is 0. The summed E-state index contributed by atoms with van der Waals surface area (Å²) in [5, 5.41) is 0. The summed E-state index contributed by atoms with van der Waals surface area (Å²) in [6.45, 7) is 17.2. The van der Waals surface area contributed by atoms with E-state index in [4.69, 9.17) is 9.47 Å². The van der Waals surface area contributed by atoms with Gasteiger partial charge in [-0.05, 0) is 100 Å². The molecule has 0 aromatic heterocycles. The first-order valence-corrected chi connectivity index (χ1v) is 17.9. The molecule has 4 aromatic carbocycles. The van der Waals surface area contributed by atoms with Crippen molar-refractivity contribution < 1.29 is 14.3 Å². The van der Waals surface area contributed by atoms with Crippen molar-refractivity contribution in [2.45, 2.75) is 41.5 Å². The lowest BCUT2D eigenvalue weighted by molar-refractivity contribution is -0.111. The Morgan fingerprint density at radius 1 is 0.520 bits per heavy atom. The van der Waals surface area contributed by atoms with Gasteiger partial charge in [-0.3, -0.25) is 4.79 Å². The normalized spacial score (nSPS) is 12.0. The minimum atomic E-state index is -0.0964. The molecular formula is C45H52N2O3. The summed E-state index contributed by atoms with van der Waals surface area (Å²) in [6, 6.07) is 32.5. The second-order valence-corrected chi connectivity index (χ2v) is 11.7. The van der Waals surface area contributed by atoms with Gasteiger partial charge in [-0.15, -0.1) is 0 Å². The lowest BCUT2D eigenvalue weighted by atomic mass is 9.96. The molecule has 0 saturated carbocycles. The van der Waals surface area contributed by atoms with Gasteiger partial charge in [-0.25, -0.2) is 0 Å². The molecule has 0 aliphatic heterocycles. The largest absolute Gasteiger partial charge is 0.492 e. The Morgan fingerprint density at radius 2 is 0.900 bits per heavy atom. The number of Topliss-reactive ketones (excluding diaryl/α,β-unsaturated/α-hetero) is 1. The molecular weight excluding hydrogens is 617 g/mol. The van der Waals surface area contributed by atoms with Gasteiger partial charge in [0.25, 0.3) is 0 Å². The van der Waals surface area contributed by atoms with Crippen molar-refractivity contribution >= 4 is 41.5 Å². The van der Waals surface area contributed by atoms with Crippen molar-refractivity contribution in [3.05, 3.63) is 143 Å². The third kappa shape index (κ3) is 10.4. The summed E-state index contributed by atoms with van der Waals surface area (Å²) in [7, 11) is 0. The molecule has 50 heavy (non-hydrogen) atoms. The number of allylic oxidation sites excluding steroid dienone is 4. The molecule has 0 amide bonds. The van der Waals surface area contributed by atoms with Crippen LogP contribution < -0.4 is 19.3 Å². The fourth-order valence-electron chi connectivity index (χ4n) is 5.84. The number of benzene rings is 4. The predicted octanol–water partition coefficient (Wildman–Crippen LogP) is 10.6. The highest BCUT2D eigenvalue weighted by Crippen LogP contribution is 2.33. The zero-order chi connectivity index (χ0) is 35.7. The summed E-state index contributed by atoms with van der Waals surface area (Å²) in [5.41, 5.74) is 7.01. The first-order valence-electron chi connectivity index (χ1n) is 17.9. The highest BCUT2D eigenvalue weighted by molar-refractivity contribution is 6.17. The van der Waals surface area contributed by atoms with Gasteiger partial charge in [-0.2, -0.15) is 0 Å². The Kier molecular flexibility index (Phi) is 14.7. The third-order valence-corrected chi connectivity index (χ3v) is 8.45. The maximum atomic E-state index is 14.7. The van der Waals surface area contributed by atoms with Crippen LogP contribution in [0.4, 0.5) is 11.4 Å². The Balaban J connectivity index is 1.88. The van der Waals surface area contributed by atoms with Crippen LogP contribution in [0.1, 0.15) is 63.8 Å². The maximum Gasteiger partial charge on any atom is 0.193 e. The second-order valence-electron chi connectivity index (χ2n) is 11.7. The Bertz CT molecular complexity index is 1650. The van der Waals surface area contributed by atoms with E-state index in [1.54, 1.807) is 0 Å². The topological polar surface area (TPSA) is 42.0 Å². The Labute approximate surface area is 299 Å². The first-order chi connectivity index (χ1) is 24.4. The van der Waals surface area contributed by atoms with Crippen LogP contribution in [0, 0.1) is 0 Å². The lowest BCUT2D eigenvalue weighted by Gasteiger charge is -2.24. The smallest absolute Gasteiger partial charge is 0.193 e. The van der Waals surface area contributed by atoms with Gasteiger partial charge in [0.1, 0.15) is 11.5 Å². The van der Waals surface area contributed by atoms with Crippen molar-refractivity contribution in [3.63, 3.8) is 0 Å². The summed E-state index contributed by atoms with van der Waals surface area (Å²) in [6.07, 6.45) is 11.7. The van der Waals surface area contributed by atoms with Crippen molar-refractivity contribution in [2.24, 2.45) is 0 Å². The van der Waals surface area contributed by atoms with Gasteiger partial charge in [-0.1, -0.05) is 97.1 Å². The van der Waals surface area contributed by atoms with Crippen LogP contribution in [0.25, 0.3) is 24.3 Å². The third-order valence-electron chi connectivity index (χ3n) is 8.45. The van der Waals surface area contributed by atoms with E-state index in [1.807, 2.05) is 123 Å². The van der Waals surface area contributed by atoms with Gasteiger partial charge in [0.05, 0.1) is 24.6 Å². The Morgan fingerprint density at radius 3 is 1.24 bits per heavy atom. The summed E-state index contributed by atoms with van der Waals surface area (Å²) in [5.74, 6) is 1.52. The van der Waals surface area contributed by atoms with E-state index in [0.717, 1.165) is 71.3 Å². The highest BCUT2D eigenvalue weighted by atomic mass is 16.5. The molecule has 5 nitrogen and oxygen atoms in total. The summed E-state index contributed by atoms with van der Waals surface area (Å²) >= 11 is 0. The van der Waals surface area contributed by atoms with Crippen LogP contribution in [0.5, 0.6) is 11.5 Å². The molecule has 260 valence electrons. The van der Waals surface area contributed by atoms with Crippen molar-refractivity contribution in [3.8, 4) is 11.5 Å². The van der Waals surface area contributed by atoms with E-state index < -0.39 is 0 Å². The minimum absolute atomic E-state index is 0.0964. The number of anilines is 2. The van der Waals surface area contributed by atoms with Crippen LogP contribution in [0.15, 0.2) is 120 Å². The van der Waals surface area contributed by atoms with E-state index >= 15 is 0 Å². The van der Waals surface area contributed by atoms with E-state index in [-0.39, 0.29) is 5.78 Å². The number of carbonyl (C=O) groups is 1. The molecule has 0 saturated heterocycles. The summed E-state index contributed by atoms with van der Waals surface area (Å²) < 4.78 is 12.2. The molecule has 0 unspecified atom stereocenters. The van der Waals surface area contributed by atoms with E-state index in [1.165, 1.54) is 0 Å². The highest BCUT2D eigenvalue weighted by Gasteiger charge is 2.16. The second kappa shape index (κ2) is 19.6.